The van der Waals surface area contributed by atoms with Crippen molar-refractivity contribution < 1.29 is 4.79 Å². The first-order valence-corrected chi connectivity index (χ1v) is 7.23. The summed E-state index contributed by atoms with van der Waals surface area (Å²) in [5.41, 5.74) is 6.81. The van der Waals surface area contributed by atoms with Gasteiger partial charge in [0.2, 0.25) is 5.91 Å². The van der Waals surface area contributed by atoms with E-state index >= 15 is 0 Å². The Labute approximate surface area is 116 Å². The van der Waals surface area contributed by atoms with Crippen LogP contribution in [0, 0.1) is 11.8 Å². The van der Waals surface area contributed by atoms with Crippen LogP contribution in [-0.4, -0.2) is 12.5 Å². The number of nitrogens with one attached hydrogen (secondary N) is 1. The van der Waals surface area contributed by atoms with Gasteiger partial charge in [-0.15, -0.1) is 0 Å². The zero-order valence-corrected chi connectivity index (χ0v) is 11.9. The van der Waals surface area contributed by atoms with E-state index in [2.05, 4.69) is 21.2 Å². The first-order chi connectivity index (χ1) is 8.72. The molecule has 2 atom stereocenters. The van der Waals surface area contributed by atoms with E-state index in [-0.39, 0.29) is 11.8 Å². The van der Waals surface area contributed by atoms with Gasteiger partial charge in [-0.1, -0.05) is 40.5 Å². The third-order valence-corrected chi connectivity index (χ3v) is 4.48. The van der Waals surface area contributed by atoms with Crippen LogP contribution < -0.4 is 11.1 Å². The van der Waals surface area contributed by atoms with E-state index in [1.807, 2.05) is 24.3 Å². The highest BCUT2D eigenvalue weighted by molar-refractivity contribution is 9.10. The van der Waals surface area contributed by atoms with Gasteiger partial charge in [0.15, 0.2) is 0 Å². The predicted octanol–water partition coefficient (Wildman–Crippen LogP) is 2.44. The quantitative estimate of drug-likeness (QED) is 0.897. The summed E-state index contributed by atoms with van der Waals surface area (Å²) in [6.07, 6.45) is 3.18. The monoisotopic (exact) mass is 310 g/mol. The molecular weight excluding hydrogens is 292 g/mol. The molecule has 1 saturated carbocycles. The van der Waals surface area contributed by atoms with Crippen LogP contribution in [0.3, 0.4) is 0 Å². The molecule has 0 radical (unpaired) electrons. The largest absolute Gasteiger partial charge is 0.352 e. The van der Waals surface area contributed by atoms with Crippen LogP contribution in [0.25, 0.3) is 0 Å². The standard InChI is InChI=1S/C14H19BrN2O/c15-13-7-2-1-4-11(13)9-17-14(18)12-6-3-5-10(12)8-16/h1-2,4,7,10,12H,3,5-6,8-9,16H2,(H,17,18)/t10-,12-/m1/s1. The lowest BCUT2D eigenvalue weighted by Gasteiger charge is -2.17. The van der Waals surface area contributed by atoms with Crippen molar-refractivity contribution in [2.24, 2.45) is 17.6 Å². The average molecular weight is 311 g/mol. The molecule has 0 spiro atoms. The molecule has 0 aliphatic heterocycles. The van der Waals surface area contributed by atoms with Gasteiger partial charge in [-0.05, 0) is 36.9 Å². The number of rotatable bonds is 4. The Hall–Kier alpha value is -0.870. The van der Waals surface area contributed by atoms with Crippen molar-refractivity contribution in [2.45, 2.75) is 25.8 Å². The smallest absolute Gasteiger partial charge is 0.223 e. The molecule has 4 heteroatoms. The number of hydrogen-bond acceptors (Lipinski definition) is 2. The van der Waals surface area contributed by atoms with E-state index in [0.717, 1.165) is 29.3 Å². The SMILES string of the molecule is NC[C@H]1CCC[C@H]1C(=O)NCc1ccccc1Br. The number of benzene rings is 1. The third-order valence-electron chi connectivity index (χ3n) is 3.71. The predicted molar refractivity (Wildman–Crippen MR) is 75.9 cm³/mol. The fourth-order valence-electron chi connectivity index (χ4n) is 2.62. The summed E-state index contributed by atoms with van der Waals surface area (Å²) in [7, 11) is 0. The van der Waals surface area contributed by atoms with Gasteiger partial charge >= 0.3 is 0 Å². The van der Waals surface area contributed by atoms with E-state index in [0.29, 0.717) is 19.0 Å². The first-order valence-electron chi connectivity index (χ1n) is 6.43. The van der Waals surface area contributed by atoms with Gasteiger partial charge in [0.05, 0.1) is 0 Å². The zero-order chi connectivity index (χ0) is 13.0. The van der Waals surface area contributed by atoms with Crippen molar-refractivity contribution in [1.82, 2.24) is 5.32 Å². The summed E-state index contributed by atoms with van der Waals surface area (Å²) < 4.78 is 1.03. The maximum atomic E-state index is 12.1. The van der Waals surface area contributed by atoms with Gasteiger partial charge in [0, 0.05) is 16.9 Å². The fourth-order valence-corrected chi connectivity index (χ4v) is 3.04. The van der Waals surface area contributed by atoms with Gasteiger partial charge in [-0.2, -0.15) is 0 Å². The second kappa shape index (κ2) is 6.34. The van der Waals surface area contributed by atoms with Gasteiger partial charge in [-0.3, -0.25) is 4.79 Å². The summed E-state index contributed by atoms with van der Waals surface area (Å²) in [5, 5.41) is 3.02. The Balaban J connectivity index is 1.90. The number of hydrogen-bond donors (Lipinski definition) is 2. The highest BCUT2D eigenvalue weighted by Crippen LogP contribution is 2.31. The minimum atomic E-state index is 0.109. The Morgan fingerprint density at radius 3 is 2.89 bits per heavy atom. The first kappa shape index (κ1) is 13.6. The second-order valence-corrected chi connectivity index (χ2v) is 5.70. The van der Waals surface area contributed by atoms with Gasteiger partial charge in [0.1, 0.15) is 0 Å². The van der Waals surface area contributed by atoms with Gasteiger partial charge < -0.3 is 11.1 Å². The molecule has 3 nitrogen and oxygen atoms in total. The van der Waals surface area contributed by atoms with Gasteiger partial charge in [0.25, 0.3) is 0 Å². The number of carbonyl (C=O) groups is 1. The minimum Gasteiger partial charge on any atom is -0.352 e. The van der Waals surface area contributed by atoms with Crippen molar-refractivity contribution in [1.29, 1.82) is 0 Å². The Kier molecular flexibility index (Phi) is 4.78. The molecule has 1 aromatic carbocycles. The van der Waals surface area contributed by atoms with Crippen molar-refractivity contribution in [2.75, 3.05) is 6.54 Å². The number of amides is 1. The van der Waals surface area contributed by atoms with E-state index in [1.54, 1.807) is 0 Å². The molecule has 1 fully saturated rings. The molecule has 3 N–H and O–H groups in total. The van der Waals surface area contributed by atoms with Crippen LogP contribution in [0.5, 0.6) is 0 Å². The maximum absolute atomic E-state index is 12.1. The number of halogens is 1. The zero-order valence-electron chi connectivity index (χ0n) is 10.4. The summed E-state index contributed by atoms with van der Waals surface area (Å²) in [4.78, 5) is 12.1. The lowest BCUT2D eigenvalue weighted by Crippen LogP contribution is -2.34. The lowest BCUT2D eigenvalue weighted by molar-refractivity contribution is -0.126. The van der Waals surface area contributed by atoms with Crippen molar-refractivity contribution >= 4 is 21.8 Å². The molecule has 0 saturated heterocycles. The topological polar surface area (TPSA) is 55.1 Å². The normalized spacial score (nSPS) is 23.0. The summed E-state index contributed by atoms with van der Waals surface area (Å²) in [5.74, 6) is 0.625. The molecule has 2 rings (SSSR count). The molecule has 0 heterocycles. The van der Waals surface area contributed by atoms with Crippen molar-refractivity contribution in [3.63, 3.8) is 0 Å². The summed E-state index contributed by atoms with van der Waals surface area (Å²) >= 11 is 3.48. The molecular formula is C14H19BrN2O. The van der Waals surface area contributed by atoms with Crippen LogP contribution in [0.2, 0.25) is 0 Å². The molecule has 0 aromatic heterocycles. The number of nitrogens with two attached hydrogens (primary N) is 1. The highest BCUT2D eigenvalue weighted by atomic mass is 79.9. The van der Waals surface area contributed by atoms with Crippen LogP contribution in [0.1, 0.15) is 24.8 Å². The third kappa shape index (κ3) is 3.12. The lowest BCUT2D eigenvalue weighted by atomic mass is 9.95. The second-order valence-electron chi connectivity index (χ2n) is 4.84. The number of carbonyl (C=O) groups excluding carboxylic acids is 1. The van der Waals surface area contributed by atoms with E-state index < -0.39 is 0 Å². The minimum absolute atomic E-state index is 0.109. The molecule has 18 heavy (non-hydrogen) atoms. The van der Waals surface area contributed by atoms with E-state index in [1.165, 1.54) is 0 Å². The molecule has 98 valence electrons. The van der Waals surface area contributed by atoms with E-state index in [9.17, 15) is 4.79 Å². The summed E-state index contributed by atoms with van der Waals surface area (Å²) in [6.45, 7) is 1.20. The molecule has 1 aliphatic rings. The molecule has 0 unspecified atom stereocenters. The average Bonchev–Trinajstić information content (AvgIpc) is 2.86. The Morgan fingerprint density at radius 2 is 2.17 bits per heavy atom. The molecule has 1 aliphatic carbocycles. The Bertz CT molecular complexity index is 422. The fraction of sp³-hybridized carbons (Fsp3) is 0.500. The van der Waals surface area contributed by atoms with Crippen LogP contribution in [0.15, 0.2) is 28.7 Å². The Morgan fingerprint density at radius 1 is 1.39 bits per heavy atom. The van der Waals surface area contributed by atoms with E-state index in [4.69, 9.17) is 5.73 Å². The van der Waals surface area contributed by atoms with Crippen molar-refractivity contribution in [3.8, 4) is 0 Å². The maximum Gasteiger partial charge on any atom is 0.223 e. The van der Waals surface area contributed by atoms with Crippen LogP contribution in [0.4, 0.5) is 0 Å². The molecule has 1 amide bonds. The van der Waals surface area contributed by atoms with Crippen LogP contribution in [-0.2, 0) is 11.3 Å². The molecule has 1 aromatic rings. The summed E-state index contributed by atoms with van der Waals surface area (Å²) in [6, 6.07) is 7.94. The van der Waals surface area contributed by atoms with Crippen molar-refractivity contribution in [3.05, 3.63) is 34.3 Å². The van der Waals surface area contributed by atoms with Crippen LogP contribution >= 0.6 is 15.9 Å². The van der Waals surface area contributed by atoms with Gasteiger partial charge in [-0.25, -0.2) is 0 Å². The highest BCUT2D eigenvalue weighted by Gasteiger charge is 2.31. The molecule has 0 bridgehead atoms.